The first-order valence-electron chi connectivity index (χ1n) is 6.53. The van der Waals surface area contributed by atoms with Gasteiger partial charge in [0.1, 0.15) is 12.9 Å². The zero-order valence-corrected chi connectivity index (χ0v) is 10.9. The molecule has 0 spiro atoms. The van der Waals surface area contributed by atoms with Crippen LogP contribution in [0.5, 0.6) is 0 Å². The summed E-state index contributed by atoms with van der Waals surface area (Å²) in [6, 6.07) is 0. The number of aliphatic hydroxyl groups is 1. The fraction of sp³-hybridized carbons (Fsp3) is 0.769. The summed E-state index contributed by atoms with van der Waals surface area (Å²) in [5, 5.41) is 13.7. The second kappa shape index (κ2) is 6.14. The molecule has 0 aromatic rings. The number of ether oxygens (including phenoxy) is 1. The van der Waals surface area contributed by atoms with E-state index >= 15 is 0 Å². The van der Waals surface area contributed by atoms with Crippen LogP contribution in [-0.2, 0) is 19.2 Å². The zero-order valence-electron chi connectivity index (χ0n) is 10.9. The van der Waals surface area contributed by atoms with E-state index in [1.54, 1.807) is 0 Å². The van der Waals surface area contributed by atoms with Gasteiger partial charge in [0.05, 0.1) is 25.3 Å². The molecule has 0 heterocycles. The quantitative estimate of drug-likeness (QED) is 0.340. The Morgan fingerprint density at radius 2 is 2.32 bits per heavy atom. The minimum absolute atomic E-state index is 0.176. The van der Waals surface area contributed by atoms with Crippen LogP contribution in [0.4, 0.5) is 0 Å². The maximum atomic E-state index is 11.0. The molecule has 0 bridgehead atoms. The highest BCUT2D eigenvalue weighted by Gasteiger charge is 2.47. The number of rotatable bonds is 5. The van der Waals surface area contributed by atoms with Gasteiger partial charge in [0.15, 0.2) is 0 Å². The highest BCUT2D eigenvalue weighted by Crippen LogP contribution is 2.45. The molecular formula is C13H19NO5. The van der Waals surface area contributed by atoms with Crippen molar-refractivity contribution in [3.05, 3.63) is 0 Å². The maximum Gasteiger partial charge on any atom is 0.309 e. The predicted octanol–water partition coefficient (Wildman–Crippen LogP) is 0.528. The average molecular weight is 269 g/mol. The number of oxime groups is 1. The number of carbonyl (C=O) groups excluding carboxylic acids is 2. The molecule has 2 fully saturated rings. The van der Waals surface area contributed by atoms with Gasteiger partial charge in [-0.25, -0.2) is 0 Å². The molecular weight excluding hydrogens is 250 g/mol. The monoisotopic (exact) mass is 269 g/mol. The Morgan fingerprint density at radius 1 is 1.53 bits per heavy atom. The van der Waals surface area contributed by atoms with Crippen LogP contribution in [0.15, 0.2) is 5.16 Å². The van der Waals surface area contributed by atoms with Crippen LogP contribution in [0.1, 0.15) is 25.7 Å². The van der Waals surface area contributed by atoms with E-state index in [-0.39, 0.29) is 30.8 Å². The van der Waals surface area contributed by atoms with Gasteiger partial charge in [0.25, 0.3) is 0 Å². The lowest BCUT2D eigenvalue weighted by molar-refractivity contribution is -0.141. The first kappa shape index (κ1) is 14.0. The van der Waals surface area contributed by atoms with Crippen LogP contribution in [0.2, 0.25) is 0 Å². The van der Waals surface area contributed by atoms with E-state index < -0.39 is 6.10 Å². The van der Waals surface area contributed by atoms with Gasteiger partial charge in [-0.3, -0.25) is 4.79 Å². The predicted molar refractivity (Wildman–Crippen MR) is 66.4 cm³/mol. The van der Waals surface area contributed by atoms with Crippen molar-refractivity contribution in [3.63, 3.8) is 0 Å². The Kier molecular flexibility index (Phi) is 4.52. The molecule has 2 aliphatic rings. The molecule has 106 valence electrons. The van der Waals surface area contributed by atoms with Gasteiger partial charge < -0.3 is 19.5 Å². The van der Waals surface area contributed by atoms with Crippen LogP contribution >= 0.6 is 0 Å². The summed E-state index contributed by atoms with van der Waals surface area (Å²) in [4.78, 5) is 26.9. The zero-order chi connectivity index (χ0) is 13.8. The third kappa shape index (κ3) is 3.12. The van der Waals surface area contributed by atoms with E-state index in [4.69, 9.17) is 4.84 Å². The van der Waals surface area contributed by atoms with Crippen molar-refractivity contribution >= 4 is 18.0 Å². The molecule has 0 unspecified atom stereocenters. The Morgan fingerprint density at radius 3 is 3.00 bits per heavy atom. The molecule has 0 aromatic heterocycles. The summed E-state index contributed by atoms with van der Waals surface area (Å²) in [6.07, 6.45) is 2.66. The first-order chi connectivity index (χ1) is 9.15. The number of aliphatic hydroxyl groups excluding tert-OH is 1. The van der Waals surface area contributed by atoms with E-state index in [0.717, 1.165) is 18.4 Å². The van der Waals surface area contributed by atoms with Crippen molar-refractivity contribution in [1.82, 2.24) is 0 Å². The van der Waals surface area contributed by atoms with Crippen molar-refractivity contribution < 1.29 is 24.3 Å². The number of methoxy groups -OCH3 is 1. The van der Waals surface area contributed by atoms with E-state index in [0.29, 0.717) is 18.8 Å². The van der Waals surface area contributed by atoms with Gasteiger partial charge >= 0.3 is 5.97 Å². The largest absolute Gasteiger partial charge is 0.469 e. The van der Waals surface area contributed by atoms with Crippen LogP contribution in [0.25, 0.3) is 0 Å². The van der Waals surface area contributed by atoms with Gasteiger partial charge in [-0.15, -0.1) is 0 Å². The molecule has 2 aliphatic carbocycles. The number of esters is 1. The Bertz CT molecular complexity index is 381. The van der Waals surface area contributed by atoms with Crippen LogP contribution in [-0.4, -0.2) is 42.9 Å². The lowest BCUT2D eigenvalue weighted by atomic mass is 9.93. The summed E-state index contributed by atoms with van der Waals surface area (Å²) in [7, 11) is 1.33. The molecule has 2 saturated carbocycles. The molecule has 4 atom stereocenters. The second-order valence-electron chi connectivity index (χ2n) is 5.17. The van der Waals surface area contributed by atoms with E-state index in [2.05, 4.69) is 9.89 Å². The third-order valence-corrected chi connectivity index (χ3v) is 4.03. The fourth-order valence-electron chi connectivity index (χ4n) is 3.07. The lowest BCUT2D eigenvalue weighted by Gasteiger charge is -2.12. The number of fused-ring (bicyclic) bond motifs is 1. The van der Waals surface area contributed by atoms with E-state index in [1.807, 2.05) is 0 Å². The highest BCUT2D eigenvalue weighted by molar-refractivity contribution is 5.87. The number of hydrogen-bond donors (Lipinski definition) is 1. The lowest BCUT2D eigenvalue weighted by Crippen LogP contribution is -2.20. The average Bonchev–Trinajstić information content (AvgIpc) is 2.90. The van der Waals surface area contributed by atoms with Crippen molar-refractivity contribution in [2.24, 2.45) is 22.9 Å². The van der Waals surface area contributed by atoms with E-state index in [9.17, 15) is 14.7 Å². The van der Waals surface area contributed by atoms with Gasteiger partial charge in [0, 0.05) is 5.92 Å². The molecule has 0 amide bonds. The summed E-state index contributed by atoms with van der Waals surface area (Å²) in [5.41, 5.74) is 0.915. The Labute approximate surface area is 111 Å². The minimum Gasteiger partial charge on any atom is -0.469 e. The van der Waals surface area contributed by atoms with Crippen molar-refractivity contribution in [3.8, 4) is 0 Å². The van der Waals surface area contributed by atoms with Gasteiger partial charge in [0.2, 0.25) is 0 Å². The van der Waals surface area contributed by atoms with Crippen molar-refractivity contribution in [2.45, 2.75) is 31.8 Å². The maximum absolute atomic E-state index is 11.0. The number of aldehydes is 1. The van der Waals surface area contributed by atoms with E-state index in [1.165, 1.54) is 7.11 Å². The second-order valence-corrected chi connectivity index (χ2v) is 5.17. The number of hydrogen-bond acceptors (Lipinski definition) is 6. The SMILES string of the molecule is COC(=O)CCON=C1C[C@@H]2C[C@@H](O)[C@H](C=O)[C@@H]2C1. The first-order valence-corrected chi connectivity index (χ1v) is 6.53. The smallest absolute Gasteiger partial charge is 0.309 e. The van der Waals surface area contributed by atoms with Crippen LogP contribution in [0.3, 0.4) is 0 Å². The van der Waals surface area contributed by atoms with Crippen molar-refractivity contribution in [1.29, 1.82) is 0 Å². The summed E-state index contributed by atoms with van der Waals surface area (Å²) in [5.74, 6) is -0.0796. The molecule has 0 radical (unpaired) electrons. The molecule has 0 aliphatic heterocycles. The minimum atomic E-state index is -0.505. The molecule has 0 aromatic carbocycles. The Balaban J connectivity index is 1.79. The fourth-order valence-corrected chi connectivity index (χ4v) is 3.07. The van der Waals surface area contributed by atoms with Crippen molar-refractivity contribution in [2.75, 3.05) is 13.7 Å². The molecule has 6 nitrogen and oxygen atoms in total. The topological polar surface area (TPSA) is 85.2 Å². The Hall–Kier alpha value is -1.43. The van der Waals surface area contributed by atoms with Gasteiger partial charge in [-0.05, 0) is 31.1 Å². The summed E-state index contributed by atoms with van der Waals surface area (Å²) in [6.45, 7) is 0.200. The normalized spacial score (nSPS) is 35.2. The molecule has 2 rings (SSSR count). The van der Waals surface area contributed by atoms with Gasteiger partial charge in [-0.1, -0.05) is 5.16 Å². The standard InChI is InChI=1S/C13H19NO5/c1-18-13(17)2-3-19-14-9-4-8-5-12(16)11(7-15)10(8)6-9/h7-8,10-12,16H,2-6H2,1H3/t8-,10-,11-,12-/m1/s1. The molecule has 1 N–H and O–H groups in total. The van der Waals surface area contributed by atoms with Crippen LogP contribution in [0, 0.1) is 17.8 Å². The summed E-state index contributed by atoms with van der Waals surface area (Å²) >= 11 is 0. The molecule has 6 heteroatoms. The van der Waals surface area contributed by atoms with Gasteiger partial charge in [-0.2, -0.15) is 0 Å². The summed E-state index contributed by atoms with van der Waals surface area (Å²) < 4.78 is 4.49. The number of nitrogens with zero attached hydrogens (tertiary/aromatic N) is 1. The van der Waals surface area contributed by atoms with Crippen LogP contribution < -0.4 is 0 Å². The highest BCUT2D eigenvalue weighted by atomic mass is 16.6. The molecule has 0 saturated heterocycles. The third-order valence-electron chi connectivity index (χ3n) is 4.03. The number of carbonyl (C=O) groups is 2. The molecule has 19 heavy (non-hydrogen) atoms.